The van der Waals surface area contributed by atoms with Crippen LogP contribution in [0.4, 0.5) is 5.82 Å². The van der Waals surface area contributed by atoms with Gasteiger partial charge in [-0.15, -0.1) is 0 Å². The summed E-state index contributed by atoms with van der Waals surface area (Å²) in [4.78, 5) is 22.0. The van der Waals surface area contributed by atoms with Gasteiger partial charge in [0.25, 0.3) is 5.91 Å². The molecule has 1 aromatic heterocycles. The van der Waals surface area contributed by atoms with Crippen molar-refractivity contribution in [2.24, 2.45) is 0 Å². The maximum absolute atomic E-state index is 12.9. The van der Waals surface area contributed by atoms with Crippen molar-refractivity contribution in [2.75, 3.05) is 37.7 Å². The molecule has 33 heavy (non-hydrogen) atoms. The molecule has 1 aliphatic rings. The molecule has 2 heterocycles. The summed E-state index contributed by atoms with van der Waals surface area (Å²) in [6.07, 6.45) is 0. The van der Waals surface area contributed by atoms with Crippen LogP contribution in [0.1, 0.15) is 43.0 Å². The van der Waals surface area contributed by atoms with Gasteiger partial charge in [0, 0.05) is 31.6 Å². The number of nitrogens with zero attached hydrogens (tertiary/aromatic N) is 3. The number of aryl methyl sites for hydroxylation is 3. The van der Waals surface area contributed by atoms with E-state index in [-0.39, 0.29) is 17.9 Å². The van der Waals surface area contributed by atoms with Crippen LogP contribution in [0.25, 0.3) is 10.9 Å². The first-order valence-corrected chi connectivity index (χ1v) is 11.8. The van der Waals surface area contributed by atoms with Gasteiger partial charge < -0.3 is 14.5 Å². The van der Waals surface area contributed by atoms with Crippen molar-refractivity contribution in [1.29, 1.82) is 0 Å². The first-order valence-electron chi connectivity index (χ1n) is 11.8. The molecule has 3 aromatic rings. The fourth-order valence-electron chi connectivity index (χ4n) is 4.48. The van der Waals surface area contributed by atoms with Gasteiger partial charge in [-0.1, -0.05) is 56.7 Å². The van der Waals surface area contributed by atoms with Gasteiger partial charge in [0.15, 0.2) is 6.61 Å². The van der Waals surface area contributed by atoms with Gasteiger partial charge in [-0.3, -0.25) is 4.79 Å². The number of carbonyl (C=O) groups excluding carboxylic acids is 1. The van der Waals surface area contributed by atoms with Crippen LogP contribution >= 0.6 is 0 Å². The summed E-state index contributed by atoms with van der Waals surface area (Å²) in [5.74, 6) is 1.83. The van der Waals surface area contributed by atoms with Gasteiger partial charge in [-0.05, 0) is 55.0 Å². The van der Waals surface area contributed by atoms with E-state index in [2.05, 4.69) is 76.8 Å². The minimum Gasteiger partial charge on any atom is -0.483 e. The molecule has 2 aromatic carbocycles. The second-order valence-corrected chi connectivity index (χ2v) is 10.2. The van der Waals surface area contributed by atoms with Crippen molar-refractivity contribution < 1.29 is 9.53 Å². The predicted molar refractivity (Wildman–Crippen MR) is 135 cm³/mol. The molecule has 4 rings (SSSR count). The van der Waals surface area contributed by atoms with Gasteiger partial charge in [0.1, 0.15) is 11.6 Å². The number of hydrogen-bond acceptors (Lipinski definition) is 4. The molecule has 1 amide bonds. The molecule has 5 nitrogen and oxygen atoms in total. The largest absolute Gasteiger partial charge is 0.483 e. The van der Waals surface area contributed by atoms with Crippen LogP contribution in [-0.2, 0) is 10.2 Å². The Hall–Kier alpha value is -3.08. The highest BCUT2D eigenvalue weighted by Crippen LogP contribution is 2.32. The van der Waals surface area contributed by atoms with Crippen molar-refractivity contribution in [3.63, 3.8) is 0 Å². The maximum atomic E-state index is 12.9. The number of aromatic nitrogens is 1. The molecule has 0 aliphatic carbocycles. The third kappa shape index (κ3) is 4.97. The highest BCUT2D eigenvalue weighted by atomic mass is 16.5. The van der Waals surface area contributed by atoms with Crippen molar-refractivity contribution >= 4 is 22.6 Å². The Morgan fingerprint density at radius 1 is 0.970 bits per heavy atom. The zero-order chi connectivity index (χ0) is 23.8. The number of hydrogen-bond donors (Lipinski definition) is 0. The van der Waals surface area contributed by atoms with Gasteiger partial charge in [-0.2, -0.15) is 0 Å². The topological polar surface area (TPSA) is 45.7 Å². The summed E-state index contributed by atoms with van der Waals surface area (Å²) in [6, 6.07) is 14.6. The second-order valence-electron chi connectivity index (χ2n) is 10.2. The Kier molecular flexibility index (Phi) is 6.33. The van der Waals surface area contributed by atoms with Crippen LogP contribution in [0.5, 0.6) is 5.75 Å². The van der Waals surface area contributed by atoms with Crippen LogP contribution in [0.15, 0.2) is 42.5 Å². The Morgan fingerprint density at radius 2 is 1.70 bits per heavy atom. The van der Waals surface area contributed by atoms with E-state index in [1.54, 1.807) is 0 Å². The van der Waals surface area contributed by atoms with Crippen molar-refractivity contribution in [1.82, 2.24) is 9.88 Å². The van der Waals surface area contributed by atoms with Crippen molar-refractivity contribution in [2.45, 2.75) is 47.0 Å². The Balaban J connectivity index is 1.39. The Morgan fingerprint density at radius 3 is 2.39 bits per heavy atom. The summed E-state index contributed by atoms with van der Waals surface area (Å²) < 4.78 is 6.01. The standard InChI is InChI=1S/C28H35N3O2/c1-19-10-11-24(23(16-19)28(4,5)6)33-18-26(32)31-14-12-30(13-15-31)25-17-21(3)22-9-7-8-20(2)27(22)29-25/h7-11,16-17H,12-15,18H2,1-6H3. The lowest BCUT2D eigenvalue weighted by Crippen LogP contribution is -2.50. The Labute approximate surface area is 197 Å². The normalized spacial score (nSPS) is 14.6. The van der Waals surface area contributed by atoms with E-state index in [1.807, 2.05) is 17.0 Å². The highest BCUT2D eigenvalue weighted by Gasteiger charge is 2.24. The molecule has 5 heteroatoms. The number of para-hydroxylation sites is 1. The number of piperazine rings is 1. The lowest BCUT2D eigenvalue weighted by Gasteiger charge is -2.35. The van der Waals surface area contributed by atoms with Crippen molar-refractivity contribution in [3.8, 4) is 5.75 Å². The number of pyridine rings is 1. The van der Waals surface area contributed by atoms with Crippen LogP contribution in [0.2, 0.25) is 0 Å². The third-order valence-electron chi connectivity index (χ3n) is 6.49. The molecule has 0 spiro atoms. The molecule has 1 saturated heterocycles. The number of anilines is 1. The summed E-state index contributed by atoms with van der Waals surface area (Å²) in [6.45, 7) is 15.8. The third-order valence-corrected chi connectivity index (χ3v) is 6.49. The molecule has 174 valence electrons. The van der Waals surface area contributed by atoms with E-state index < -0.39 is 0 Å². The first kappa shape index (κ1) is 23.1. The summed E-state index contributed by atoms with van der Waals surface area (Å²) in [5.41, 5.74) is 5.77. The number of carbonyl (C=O) groups is 1. The monoisotopic (exact) mass is 445 g/mol. The van der Waals surface area contributed by atoms with E-state index >= 15 is 0 Å². The quantitative estimate of drug-likeness (QED) is 0.555. The van der Waals surface area contributed by atoms with E-state index in [0.717, 1.165) is 35.7 Å². The molecule has 0 radical (unpaired) electrons. The van der Waals surface area contributed by atoms with Crippen molar-refractivity contribution in [3.05, 3.63) is 64.7 Å². The van der Waals surface area contributed by atoms with Gasteiger partial charge in [0.2, 0.25) is 0 Å². The average Bonchev–Trinajstić information content (AvgIpc) is 2.78. The van der Waals surface area contributed by atoms with Crippen LogP contribution in [-0.4, -0.2) is 48.6 Å². The lowest BCUT2D eigenvalue weighted by atomic mass is 9.85. The van der Waals surface area contributed by atoms with Crippen LogP contribution < -0.4 is 9.64 Å². The molecule has 0 N–H and O–H groups in total. The van der Waals surface area contributed by atoms with Crippen LogP contribution in [0.3, 0.4) is 0 Å². The average molecular weight is 446 g/mol. The molecule has 1 aliphatic heterocycles. The Bertz CT molecular complexity index is 1170. The smallest absolute Gasteiger partial charge is 0.260 e. The van der Waals surface area contributed by atoms with Crippen LogP contribution in [0, 0.1) is 20.8 Å². The van der Waals surface area contributed by atoms with E-state index in [4.69, 9.17) is 9.72 Å². The second kappa shape index (κ2) is 9.05. The van der Waals surface area contributed by atoms with E-state index in [0.29, 0.717) is 13.1 Å². The number of ether oxygens (including phenoxy) is 1. The number of amides is 1. The molecular weight excluding hydrogens is 410 g/mol. The van der Waals surface area contributed by atoms with Gasteiger partial charge in [0.05, 0.1) is 5.52 Å². The van der Waals surface area contributed by atoms with E-state index in [9.17, 15) is 4.79 Å². The molecule has 0 saturated carbocycles. The highest BCUT2D eigenvalue weighted by molar-refractivity contribution is 5.86. The zero-order valence-corrected chi connectivity index (χ0v) is 20.7. The molecule has 1 fully saturated rings. The first-order chi connectivity index (χ1) is 15.6. The molecule has 0 bridgehead atoms. The summed E-state index contributed by atoms with van der Waals surface area (Å²) in [5, 5.41) is 1.20. The molecular formula is C28H35N3O2. The lowest BCUT2D eigenvalue weighted by molar-refractivity contribution is -0.133. The number of rotatable bonds is 4. The minimum atomic E-state index is -0.0423. The summed E-state index contributed by atoms with van der Waals surface area (Å²) in [7, 11) is 0. The zero-order valence-electron chi connectivity index (χ0n) is 20.7. The predicted octanol–water partition coefficient (Wildman–Crippen LogP) is 5.19. The number of benzene rings is 2. The van der Waals surface area contributed by atoms with Gasteiger partial charge >= 0.3 is 0 Å². The fourth-order valence-corrected chi connectivity index (χ4v) is 4.48. The summed E-state index contributed by atoms with van der Waals surface area (Å²) >= 11 is 0. The number of fused-ring (bicyclic) bond motifs is 1. The maximum Gasteiger partial charge on any atom is 0.260 e. The molecule has 0 unspecified atom stereocenters. The fraction of sp³-hybridized carbons (Fsp3) is 0.429. The SMILES string of the molecule is Cc1ccc(OCC(=O)N2CCN(c3cc(C)c4cccc(C)c4n3)CC2)c(C(C)(C)C)c1. The van der Waals surface area contributed by atoms with E-state index in [1.165, 1.54) is 22.1 Å². The molecule has 0 atom stereocenters. The van der Waals surface area contributed by atoms with Gasteiger partial charge in [-0.25, -0.2) is 4.98 Å². The minimum absolute atomic E-state index is 0.0357.